The van der Waals surface area contributed by atoms with Gasteiger partial charge in [0.2, 0.25) is 0 Å². The lowest BCUT2D eigenvalue weighted by atomic mass is 10.2. The Bertz CT molecular complexity index is 558. The Morgan fingerprint density at radius 1 is 1.05 bits per heavy atom. The summed E-state index contributed by atoms with van der Waals surface area (Å²) in [5.41, 5.74) is 2.33. The highest BCUT2D eigenvalue weighted by Gasteiger charge is 2.02. The van der Waals surface area contributed by atoms with Gasteiger partial charge in [0, 0.05) is 35.9 Å². The second-order valence-electron chi connectivity index (χ2n) is 5.02. The molecule has 0 radical (unpaired) electrons. The number of rotatable bonds is 7. The van der Waals surface area contributed by atoms with Crippen molar-refractivity contribution in [2.24, 2.45) is 0 Å². The van der Waals surface area contributed by atoms with Crippen molar-refractivity contribution >= 4 is 28.9 Å². The van der Waals surface area contributed by atoms with Crippen molar-refractivity contribution < 1.29 is 0 Å². The molecule has 112 valence electrons. The van der Waals surface area contributed by atoms with Gasteiger partial charge in [-0.2, -0.15) is 0 Å². The van der Waals surface area contributed by atoms with Gasteiger partial charge in [0.25, 0.3) is 0 Å². The number of benzene rings is 2. The molecule has 4 heteroatoms. The van der Waals surface area contributed by atoms with Gasteiger partial charge in [-0.3, -0.25) is 0 Å². The minimum atomic E-state index is 0.674. The van der Waals surface area contributed by atoms with Gasteiger partial charge in [0.05, 0.1) is 0 Å². The second kappa shape index (κ2) is 8.28. The summed E-state index contributed by atoms with van der Waals surface area (Å²) in [5, 5.41) is 4.81. The molecule has 0 saturated heterocycles. The minimum absolute atomic E-state index is 0.674. The van der Waals surface area contributed by atoms with Crippen LogP contribution in [0.15, 0.2) is 48.5 Å². The summed E-state index contributed by atoms with van der Waals surface area (Å²) < 4.78 is 0. The van der Waals surface area contributed by atoms with Crippen LogP contribution in [0, 0.1) is 0 Å². The maximum Gasteiger partial charge on any atom is 0.0465 e. The van der Waals surface area contributed by atoms with Crippen molar-refractivity contribution in [3.8, 4) is 0 Å². The average molecular weight is 323 g/mol. The van der Waals surface area contributed by atoms with Crippen molar-refractivity contribution in [1.82, 2.24) is 5.32 Å². The third kappa shape index (κ3) is 5.24. The standard InChI is InChI=1S/C17H20Cl2N2/c1-21(16-6-3-2-4-7-16)11-5-10-20-13-14-8-9-15(18)12-17(14)19/h2-4,6-9,12,20H,5,10-11,13H2,1H3. The molecule has 0 aliphatic rings. The van der Waals surface area contributed by atoms with E-state index in [4.69, 9.17) is 23.2 Å². The molecule has 2 aromatic carbocycles. The second-order valence-corrected chi connectivity index (χ2v) is 5.87. The number of halogens is 2. The van der Waals surface area contributed by atoms with Gasteiger partial charge >= 0.3 is 0 Å². The molecular formula is C17H20Cl2N2. The summed E-state index contributed by atoms with van der Waals surface area (Å²) in [5.74, 6) is 0. The van der Waals surface area contributed by atoms with E-state index >= 15 is 0 Å². The maximum atomic E-state index is 6.14. The largest absolute Gasteiger partial charge is 0.375 e. The lowest BCUT2D eigenvalue weighted by molar-refractivity contribution is 0.646. The van der Waals surface area contributed by atoms with E-state index < -0.39 is 0 Å². The summed E-state index contributed by atoms with van der Waals surface area (Å²) in [6.07, 6.45) is 1.08. The normalized spacial score (nSPS) is 10.6. The Morgan fingerprint density at radius 2 is 1.81 bits per heavy atom. The van der Waals surface area contributed by atoms with Gasteiger partial charge in [-0.05, 0) is 42.8 Å². The summed E-state index contributed by atoms with van der Waals surface area (Å²) in [6.45, 7) is 2.74. The van der Waals surface area contributed by atoms with E-state index in [1.54, 1.807) is 6.07 Å². The van der Waals surface area contributed by atoms with Crippen molar-refractivity contribution in [2.75, 3.05) is 25.0 Å². The molecule has 0 heterocycles. The first-order valence-electron chi connectivity index (χ1n) is 7.07. The van der Waals surface area contributed by atoms with Crippen molar-refractivity contribution in [2.45, 2.75) is 13.0 Å². The van der Waals surface area contributed by atoms with Gasteiger partial charge in [0.1, 0.15) is 0 Å². The Hall–Kier alpha value is -1.22. The van der Waals surface area contributed by atoms with E-state index in [1.165, 1.54) is 5.69 Å². The quantitative estimate of drug-likeness (QED) is 0.749. The van der Waals surface area contributed by atoms with Gasteiger partial charge < -0.3 is 10.2 Å². The van der Waals surface area contributed by atoms with Gasteiger partial charge in [-0.15, -0.1) is 0 Å². The summed E-state index contributed by atoms with van der Waals surface area (Å²) in [7, 11) is 2.12. The maximum absolute atomic E-state index is 6.14. The molecule has 0 bridgehead atoms. The van der Waals surface area contributed by atoms with Gasteiger partial charge in [-0.25, -0.2) is 0 Å². The van der Waals surface area contributed by atoms with E-state index in [-0.39, 0.29) is 0 Å². The predicted octanol–water partition coefficient (Wildman–Crippen LogP) is 4.61. The molecule has 0 amide bonds. The molecule has 0 aromatic heterocycles. The van der Waals surface area contributed by atoms with E-state index in [2.05, 4.69) is 41.5 Å². The Labute approximate surface area is 136 Å². The highest BCUT2D eigenvalue weighted by atomic mass is 35.5. The molecular weight excluding hydrogens is 303 g/mol. The van der Waals surface area contributed by atoms with E-state index in [1.807, 2.05) is 18.2 Å². The third-order valence-corrected chi connectivity index (χ3v) is 3.96. The van der Waals surface area contributed by atoms with Crippen molar-refractivity contribution in [3.63, 3.8) is 0 Å². The summed E-state index contributed by atoms with van der Waals surface area (Å²) in [4.78, 5) is 2.26. The lowest BCUT2D eigenvalue weighted by Crippen LogP contribution is -2.23. The third-order valence-electron chi connectivity index (χ3n) is 3.37. The zero-order valence-corrected chi connectivity index (χ0v) is 13.7. The van der Waals surface area contributed by atoms with Crippen LogP contribution in [0.4, 0.5) is 5.69 Å². The first-order chi connectivity index (χ1) is 10.2. The molecule has 0 aliphatic carbocycles. The van der Waals surface area contributed by atoms with Crippen LogP contribution in [0.1, 0.15) is 12.0 Å². The topological polar surface area (TPSA) is 15.3 Å². The zero-order valence-electron chi connectivity index (χ0n) is 12.2. The van der Waals surface area contributed by atoms with Crippen molar-refractivity contribution in [1.29, 1.82) is 0 Å². The Morgan fingerprint density at radius 3 is 2.52 bits per heavy atom. The Kier molecular flexibility index (Phi) is 6.37. The molecule has 0 saturated carbocycles. The fraction of sp³-hybridized carbons (Fsp3) is 0.294. The molecule has 2 rings (SSSR count). The monoisotopic (exact) mass is 322 g/mol. The fourth-order valence-electron chi connectivity index (χ4n) is 2.14. The first-order valence-corrected chi connectivity index (χ1v) is 7.83. The molecule has 0 spiro atoms. The van der Waals surface area contributed by atoms with Crippen LogP contribution in [0.25, 0.3) is 0 Å². The molecule has 2 nitrogen and oxygen atoms in total. The number of hydrogen-bond acceptors (Lipinski definition) is 2. The predicted molar refractivity (Wildman–Crippen MR) is 92.5 cm³/mol. The average Bonchev–Trinajstić information content (AvgIpc) is 2.49. The van der Waals surface area contributed by atoms with Crippen molar-refractivity contribution in [3.05, 3.63) is 64.1 Å². The lowest BCUT2D eigenvalue weighted by Gasteiger charge is -2.19. The van der Waals surface area contributed by atoms with Crippen LogP contribution in [0.2, 0.25) is 10.0 Å². The van der Waals surface area contributed by atoms with Gasteiger partial charge in [0.15, 0.2) is 0 Å². The number of anilines is 1. The van der Waals surface area contributed by atoms with Crippen LogP contribution in [0.3, 0.4) is 0 Å². The van der Waals surface area contributed by atoms with Gasteiger partial charge in [-0.1, -0.05) is 47.5 Å². The smallest absolute Gasteiger partial charge is 0.0465 e. The number of nitrogens with one attached hydrogen (secondary N) is 1. The number of para-hydroxylation sites is 1. The van der Waals surface area contributed by atoms with E-state index in [9.17, 15) is 0 Å². The van der Waals surface area contributed by atoms with Crippen LogP contribution >= 0.6 is 23.2 Å². The van der Waals surface area contributed by atoms with Crippen LogP contribution in [-0.2, 0) is 6.54 Å². The first kappa shape index (κ1) is 16.2. The molecule has 1 N–H and O–H groups in total. The highest BCUT2D eigenvalue weighted by Crippen LogP contribution is 2.20. The Balaban J connectivity index is 1.68. The summed E-state index contributed by atoms with van der Waals surface area (Å²) in [6, 6.07) is 16.0. The van der Waals surface area contributed by atoms with Crippen LogP contribution in [-0.4, -0.2) is 20.1 Å². The number of hydrogen-bond donors (Lipinski definition) is 1. The SMILES string of the molecule is CN(CCCNCc1ccc(Cl)cc1Cl)c1ccccc1. The molecule has 0 aliphatic heterocycles. The highest BCUT2D eigenvalue weighted by molar-refractivity contribution is 6.35. The fourth-order valence-corrected chi connectivity index (χ4v) is 2.62. The number of nitrogens with zero attached hydrogens (tertiary/aromatic N) is 1. The van der Waals surface area contributed by atoms with Crippen LogP contribution < -0.4 is 10.2 Å². The molecule has 0 unspecified atom stereocenters. The minimum Gasteiger partial charge on any atom is -0.375 e. The molecule has 2 aromatic rings. The zero-order chi connectivity index (χ0) is 15.1. The van der Waals surface area contributed by atoms with E-state index in [0.717, 1.165) is 36.6 Å². The molecule has 0 atom stereocenters. The summed E-state index contributed by atoms with van der Waals surface area (Å²) >= 11 is 12.0. The van der Waals surface area contributed by atoms with E-state index in [0.29, 0.717) is 5.02 Å². The molecule has 0 fully saturated rings. The van der Waals surface area contributed by atoms with Crippen LogP contribution in [0.5, 0.6) is 0 Å². The molecule has 21 heavy (non-hydrogen) atoms.